The average Bonchev–Trinajstić information content (AvgIpc) is 2.90. The molecule has 0 amide bonds. The first-order valence-electron chi connectivity index (χ1n) is 6.11. The highest BCUT2D eigenvalue weighted by Crippen LogP contribution is 2.24. The molecule has 1 aromatic heterocycles. The van der Waals surface area contributed by atoms with Crippen molar-refractivity contribution in [2.24, 2.45) is 0 Å². The van der Waals surface area contributed by atoms with E-state index in [1.54, 1.807) is 12.5 Å². The Bertz CT molecular complexity index is 526. The zero-order valence-electron chi connectivity index (χ0n) is 10.4. The van der Waals surface area contributed by atoms with E-state index in [4.69, 9.17) is 5.73 Å². The summed E-state index contributed by atoms with van der Waals surface area (Å²) < 4.78 is 28.5. The molecule has 1 heterocycles. The van der Waals surface area contributed by atoms with Gasteiger partial charge in [-0.15, -0.1) is 0 Å². The van der Waals surface area contributed by atoms with E-state index in [2.05, 4.69) is 10.3 Å². The summed E-state index contributed by atoms with van der Waals surface area (Å²) in [5, 5.41) is 2.84. The van der Waals surface area contributed by atoms with Crippen molar-refractivity contribution in [1.29, 1.82) is 0 Å². The SMILES string of the molecule is Nc1ccc(F)c(F)c1NCCCCn1ccnc1. The summed E-state index contributed by atoms with van der Waals surface area (Å²) in [6.45, 7) is 1.39. The number of nitrogens with zero attached hydrogens (tertiary/aromatic N) is 2. The second-order valence-corrected chi connectivity index (χ2v) is 4.26. The maximum absolute atomic E-state index is 13.5. The molecule has 6 heteroatoms. The lowest BCUT2D eigenvalue weighted by Gasteiger charge is -2.10. The minimum atomic E-state index is -0.922. The van der Waals surface area contributed by atoms with Crippen LogP contribution in [0.15, 0.2) is 30.9 Å². The monoisotopic (exact) mass is 266 g/mol. The molecule has 2 rings (SSSR count). The molecule has 3 N–H and O–H groups in total. The van der Waals surface area contributed by atoms with Crippen LogP contribution in [0.25, 0.3) is 0 Å². The first-order chi connectivity index (χ1) is 9.18. The Kier molecular flexibility index (Phi) is 4.33. The summed E-state index contributed by atoms with van der Waals surface area (Å²) in [7, 11) is 0. The van der Waals surface area contributed by atoms with Crippen molar-refractivity contribution in [1.82, 2.24) is 9.55 Å². The van der Waals surface area contributed by atoms with Gasteiger partial charge in [0.05, 0.1) is 17.7 Å². The molecule has 0 saturated carbocycles. The maximum atomic E-state index is 13.5. The number of halogens is 2. The van der Waals surface area contributed by atoms with Crippen LogP contribution in [-0.4, -0.2) is 16.1 Å². The number of hydrogen-bond donors (Lipinski definition) is 2. The zero-order chi connectivity index (χ0) is 13.7. The van der Waals surface area contributed by atoms with Crippen molar-refractivity contribution in [3.05, 3.63) is 42.5 Å². The van der Waals surface area contributed by atoms with Gasteiger partial charge in [0.25, 0.3) is 0 Å². The van der Waals surface area contributed by atoms with Crippen LogP contribution in [0.4, 0.5) is 20.2 Å². The third-order valence-corrected chi connectivity index (χ3v) is 2.83. The van der Waals surface area contributed by atoms with Crippen molar-refractivity contribution < 1.29 is 8.78 Å². The quantitative estimate of drug-likeness (QED) is 0.624. The molecule has 19 heavy (non-hydrogen) atoms. The fourth-order valence-electron chi connectivity index (χ4n) is 1.80. The van der Waals surface area contributed by atoms with E-state index in [0.29, 0.717) is 6.54 Å². The van der Waals surface area contributed by atoms with Gasteiger partial charge in [0, 0.05) is 25.5 Å². The Balaban J connectivity index is 1.78. The Labute approximate surface area is 110 Å². The third-order valence-electron chi connectivity index (χ3n) is 2.83. The van der Waals surface area contributed by atoms with Crippen LogP contribution in [-0.2, 0) is 6.54 Å². The van der Waals surface area contributed by atoms with Gasteiger partial charge in [-0.1, -0.05) is 0 Å². The van der Waals surface area contributed by atoms with Gasteiger partial charge in [0.15, 0.2) is 11.6 Å². The van der Waals surface area contributed by atoms with E-state index < -0.39 is 11.6 Å². The highest BCUT2D eigenvalue weighted by atomic mass is 19.2. The van der Waals surface area contributed by atoms with E-state index in [0.717, 1.165) is 25.5 Å². The van der Waals surface area contributed by atoms with Crippen LogP contribution in [0.5, 0.6) is 0 Å². The summed E-state index contributed by atoms with van der Waals surface area (Å²) in [6.07, 6.45) is 7.10. The molecule has 0 atom stereocenters. The Hall–Kier alpha value is -2.11. The van der Waals surface area contributed by atoms with E-state index in [1.165, 1.54) is 6.07 Å². The lowest BCUT2D eigenvalue weighted by Crippen LogP contribution is -2.08. The predicted octanol–water partition coefficient (Wildman–Crippen LogP) is 2.64. The lowest BCUT2D eigenvalue weighted by molar-refractivity contribution is 0.511. The minimum absolute atomic E-state index is 0.0441. The van der Waals surface area contributed by atoms with Gasteiger partial charge in [-0.2, -0.15) is 0 Å². The number of nitrogens with two attached hydrogens (primary N) is 1. The molecule has 0 radical (unpaired) electrons. The molecule has 2 aromatic rings. The number of rotatable bonds is 6. The molecule has 102 valence electrons. The van der Waals surface area contributed by atoms with E-state index in [1.807, 2.05) is 10.8 Å². The van der Waals surface area contributed by atoms with Gasteiger partial charge in [0.1, 0.15) is 0 Å². The zero-order valence-corrected chi connectivity index (χ0v) is 10.4. The van der Waals surface area contributed by atoms with Gasteiger partial charge in [-0.05, 0) is 25.0 Å². The van der Waals surface area contributed by atoms with Crippen LogP contribution < -0.4 is 11.1 Å². The number of aryl methyl sites for hydroxylation is 1. The Morgan fingerprint density at radius 2 is 2.11 bits per heavy atom. The fraction of sp³-hybridized carbons (Fsp3) is 0.308. The van der Waals surface area contributed by atoms with E-state index in [9.17, 15) is 8.78 Å². The molecule has 0 fully saturated rings. The lowest BCUT2D eigenvalue weighted by atomic mass is 10.2. The van der Waals surface area contributed by atoms with Crippen molar-refractivity contribution in [3.63, 3.8) is 0 Å². The first-order valence-corrected chi connectivity index (χ1v) is 6.11. The molecule has 1 aromatic carbocycles. The van der Waals surface area contributed by atoms with Crippen LogP contribution in [0.1, 0.15) is 12.8 Å². The number of aromatic nitrogens is 2. The van der Waals surface area contributed by atoms with Crippen molar-refractivity contribution in [2.45, 2.75) is 19.4 Å². The van der Waals surface area contributed by atoms with E-state index in [-0.39, 0.29) is 11.4 Å². The largest absolute Gasteiger partial charge is 0.397 e. The average molecular weight is 266 g/mol. The molecular weight excluding hydrogens is 250 g/mol. The summed E-state index contributed by atoms with van der Waals surface area (Å²) in [4.78, 5) is 3.94. The standard InChI is InChI=1S/C13H16F2N4/c14-10-3-4-11(16)13(12(10)15)18-5-1-2-7-19-8-6-17-9-19/h3-4,6,8-9,18H,1-2,5,7,16H2. The summed E-state index contributed by atoms with van der Waals surface area (Å²) >= 11 is 0. The molecule has 0 spiro atoms. The second-order valence-electron chi connectivity index (χ2n) is 4.26. The first kappa shape index (κ1) is 13.3. The smallest absolute Gasteiger partial charge is 0.183 e. The van der Waals surface area contributed by atoms with Crippen LogP contribution >= 0.6 is 0 Å². The number of anilines is 2. The Morgan fingerprint density at radius 1 is 1.26 bits per heavy atom. The number of benzene rings is 1. The maximum Gasteiger partial charge on any atom is 0.183 e. The molecule has 0 aliphatic rings. The molecule has 0 bridgehead atoms. The van der Waals surface area contributed by atoms with Crippen LogP contribution in [0.2, 0.25) is 0 Å². The summed E-state index contributed by atoms with van der Waals surface area (Å²) in [5.41, 5.74) is 5.86. The molecule has 0 aliphatic heterocycles. The van der Waals surface area contributed by atoms with Crippen LogP contribution in [0, 0.1) is 11.6 Å². The number of unbranched alkanes of at least 4 members (excludes halogenated alkanes) is 1. The highest BCUT2D eigenvalue weighted by Gasteiger charge is 2.10. The molecule has 4 nitrogen and oxygen atoms in total. The van der Waals surface area contributed by atoms with Gasteiger partial charge in [-0.25, -0.2) is 13.8 Å². The van der Waals surface area contributed by atoms with Gasteiger partial charge < -0.3 is 15.6 Å². The third kappa shape index (κ3) is 3.43. The van der Waals surface area contributed by atoms with Gasteiger partial charge in [0.2, 0.25) is 0 Å². The topological polar surface area (TPSA) is 55.9 Å². The van der Waals surface area contributed by atoms with Gasteiger partial charge >= 0.3 is 0 Å². The number of nitrogen functional groups attached to an aromatic ring is 1. The molecule has 0 aliphatic carbocycles. The normalized spacial score (nSPS) is 10.6. The van der Waals surface area contributed by atoms with Crippen molar-refractivity contribution >= 4 is 11.4 Å². The molecule has 0 saturated heterocycles. The van der Waals surface area contributed by atoms with Crippen molar-refractivity contribution in [3.8, 4) is 0 Å². The predicted molar refractivity (Wildman–Crippen MR) is 70.7 cm³/mol. The number of nitrogens with one attached hydrogen (secondary N) is 1. The van der Waals surface area contributed by atoms with E-state index >= 15 is 0 Å². The minimum Gasteiger partial charge on any atom is -0.397 e. The fourth-order valence-corrected chi connectivity index (χ4v) is 1.80. The Morgan fingerprint density at radius 3 is 2.84 bits per heavy atom. The number of hydrogen-bond acceptors (Lipinski definition) is 3. The molecule has 0 unspecified atom stereocenters. The van der Waals surface area contributed by atoms with Gasteiger partial charge in [-0.3, -0.25) is 0 Å². The molecular formula is C13H16F2N4. The van der Waals surface area contributed by atoms with Crippen molar-refractivity contribution in [2.75, 3.05) is 17.6 Å². The second kappa shape index (κ2) is 6.17. The summed E-state index contributed by atoms with van der Waals surface area (Å²) in [5.74, 6) is -1.82. The highest BCUT2D eigenvalue weighted by molar-refractivity contribution is 5.66. The summed E-state index contributed by atoms with van der Waals surface area (Å²) in [6, 6.07) is 2.38. The number of imidazole rings is 1. The van der Waals surface area contributed by atoms with Crippen LogP contribution in [0.3, 0.4) is 0 Å².